The molecule has 2 aromatic carbocycles. The van der Waals surface area contributed by atoms with Crippen LogP contribution in [0, 0.1) is 5.82 Å². The minimum Gasteiger partial charge on any atom is -0.273 e. The van der Waals surface area contributed by atoms with Gasteiger partial charge in [-0.3, -0.25) is 9.59 Å². The van der Waals surface area contributed by atoms with E-state index in [1.165, 1.54) is 40.7 Å². The fourth-order valence-electron chi connectivity index (χ4n) is 3.81. The largest absolute Gasteiger partial charge is 0.273 e. The number of hydrogen-bond acceptors (Lipinski definition) is 7. The lowest BCUT2D eigenvalue weighted by Gasteiger charge is -2.21. The Balaban J connectivity index is 1.33. The first-order valence-corrected chi connectivity index (χ1v) is 13.2. The van der Waals surface area contributed by atoms with E-state index in [9.17, 15) is 14.0 Å². The minimum atomic E-state index is -0.325. The second-order valence-corrected chi connectivity index (χ2v) is 10.9. The van der Waals surface area contributed by atoms with E-state index < -0.39 is 0 Å². The van der Waals surface area contributed by atoms with Crippen LogP contribution in [-0.4, -0.2) is 49.4 Å². The van der Waals surface area contributed by atoms with Crippen LogP contribution >= 0.6 is 39.5 Å². The third-order valence-corrected chi connectivity index (χ3v) is 8.09. The molecule has 34 heavy (non-hydrogen) atoms. The molecule has 2 aromatic rings. The monoisotopic (exact) mass is 559 g/mol. The van der Waals surface area contributed by atoms with Crippen LogP contribution in [0.25, 0.3) is 0 Å². The molecule has 174 valence electrons. The highest BCUT2D eigenvalue weighted by atomic mass is 79.9. The molecule has 0 aromatic heterocycles. The average molecular weight is 560 g/mol. The van der Waals surface area contributed by atoms with Crippen LogP contribution < -0.4 is 0 Å². The molecular weight excluding hydrogens is 541 g/mol. The van der Waals surface area contributed by atoms with E-state index in [2.05, 4.69) is 31.1 Å². The summed E-state index contributed by atoms with van der Waals surface area (Å²) in [5.74, 6) is -0.504. The van der Waals surface area contributed by atoms with Gasteiger partial charge in [-0.1, -0.05) is 52.0 Å². The lowest BCUT2D eigenvalue weighted by Crippen LogP contribution is -2.28. The van der Waals surface area contributed by atoms with E-state index in [4.69, 9.17) is 0 Å². The van der Waals surface area contributed by atoms with Crippen molar-refractivity contribution in [2.45, 2.75) is 25.3 Å². The fourth-order valence-corrected chi connectivity index (χ4v) is 5.93. The highest BCUT2D eigenvalue weighted by Crippen LogP contribution is 2.35. The maximum absolute atomic E-state index is 13.5. The molecule has 0 spiro atoms. The molecule has 1 unspecified atom stereocenters. The summed E-state index contributed by atoms with van der Waals surface area (Å²) in [5, 5.41) is 13.0. The minimum absolute atomic E-state index is 0.135. The standard InChI is InChI=1S/C23H19BrFN5O2S2/c24-16-7-3-14(4-8-16)18-12-19(15-5-9-17(25)10-6-15)30(27-18)21(32)13-33-23-28-29-11-1-2-20(31)26-22(29)34-23/h3-10,19H,1-2,11-13H2. The zero-order valence-electron chi connectivity index (χ0n) is 17.9. The molecule has 0 saturated carbocycles. The first-order valence-electron chi connectivity index (χ1n) is 10.7. The van der Waals surface area contributed by atoms with Gasteiger partial charge in [-0.25, -0.2) is 14.4 Å². The van der Waals surface area contributed by atoms with Crippen LogP contribution in [0.15, 0.2) is 68.2 Å². The lowest BCUT2D eigenvalue weighted by atomic mass is 9.98. The van der Waals surface area contributed by atoms with Crippen molar-refractivity contribution in [1.29, 1.82) is 0 Å². The molecule has 0 bridgehead atoms. The molecule has 11 heteroatoms. The Morgan fingerprint density at radius 2 is 1.91 bits per heavy atom. The second-order valence-electron chi connectivity index (χ2n) is 7.83. The van der Waals surface area contributed by atoms with Gasteiger partial charge in [0.1, 0.15) is 5.82 Å². The first-order chi connectivity index (χ1) is 16.5. The van der Waals surface area contributed by atoms with Crippen molar-refractivity contribution < 1.29 is 14.0 Å². The van der Waals surface area contributed by atoms with Gasteiger partial charge in [0.05, 0.1) is 17.5 Å². The molecule has 0 radical (unpaired) electrons. The molecule has 0 saturated heterocycles. The third kappa shape index (κ3) is 5.11. The van der Waals surface area contributed by atoms with Crippen molar-refractivity contribution in [1.82, 2.24) is 10.0 Å². The van der Waals surface area contributed by atoms with Crippen molar-refractivity contribution in [3.05, 3.63) is 69.9 Å². The molecule has 0 N–H and O–H groups in total. The van der Waals surface area contributed by atoms with Gasteiger partial charge in [-0.05, 0) is 53.6 Å². The van der Waals surface area contributed by atoms with Gasteiger partial charge in [0.2, 0.25) is 5.91 Å². The van der Waals surface area contributed by atoms with Gasteiger partial charge in [0.15, 0.2) is 9.54 Å². The summed E-state index contributed by atoms with van der Waals surface area (Å²) in [7, 11) is 0. The van der Waals surface area contributed by atoms with E-state index in [1.54, 1.807) is 17.1 Å². The number of benzene rings is 2. The molecule has 0 aliphatic carbocycles. The number of nitrogens with zero attached hydrogens (tertiary/aromatic N) is 5. The van der Waals surface area contributed by atoms with Crippen molar-refractivity contribution in [2.75, 3.05) is 12.3 Å². The summed E-state index contributed by atoms with van der Waals surface area (Å²) < 4.78 is 15.1. The van der Waals surface area contributed by atoms with Crippen molar-refractivity contribution in [3.8, 4) is 0 Å². The van der Waals surface area contributed by atoms with E-state index in [-0.39, 0.29) is 29.4 Å². The van der Waals surface area contributed by atoms with Gasteiger partial charge in [-0.15, -0.1) is 0 Å². The quantitative estimate of drug-likeness (QED) is 0.527. The topological polar surface area (TPSA) is 77.7 Å². The van der Waals surface area contributed by atoms with Gasteiger partial charge in [0.25, 0.3) is 5.91 Å². The normalized spacial score (nSPS) is 20.0. The Morgan fingerprint density at radius 1 is 1.15 bits per heavy atom. The van der Waals surface area contributed by atoms with E-state index in [1.807, 2.05) is 24.3 Å². The van der Waals surface area contributed by atoms with Gasteiger partial charge < -0.3 is 0 Å². The summed E-state index contributed by atoms with van der Waals surface area (Å²) in [4.78, 5) is 29.1. The van der Waals surface area contributed by atoms with Crippen LogP contribution in [0.2, 0.25) is 0 Å². The predicted molar refractivity (Wildman–Crippen MR) is 137 cm³/mol. The summed E-state index contributed by atoms with van der Waals surface area (Å²) in [6.07, 6.45) is 1.66. The number of rotatable bonds is 4. The molecule has 3 aliphatic rings. The number of hydrogen-bond donors (Lipinski definition) is 0. The van der Waals surface area contributed by atoms with Crippen molar-refractivity contribution >= 4 is 66.5 Å². The highest BCUT2D eigenvalue weighted by Gasteiger charge is 2.34. The summed E-state index contributed by atoms with van der Waals surface area (Å²) in [5.41, 5.74) is 2.56. The summed E-state index contributed by atoms with van der Waals surface area (Å²) >= 11 is 6.05. The molecular formula is C23H19BrFN5O2S2. The number of hydrazone groups is 2. The van der Waals surface area contributed by atoms with Gasteiger partial charge in [0, 0.05) is 23.9 Å². The maximum Gasteiger partial charge on any atom is 0.253 e. The van der Waals surface area contributed by atoms with Gasteiger partial charge >= 0.3 is 0 Å². The van der Waals surface area contributed by atoms with Crippen LogP contribution in [-0.2, 0) is 9.59 Å². The molecule has 0 fully saturated rings. The van der Waals surface area contributed by atoms with E-state index >= 15 is 0 Å². The molecule has 7 nitrogen and oxygen atoms in total. The average Bonchev–Trinajstić information content (AvgIpc) is 3.39. The lowest BCUT2D eigenvalue weighted by molar-refractivity contribution is -0.130. The van der Waals surface area contributed by atoms with E-state index in [0.717, 1.165) is 21.3 Å². The number of amides is 2. The molecule has 1 atom stereocenters. The van der Waals surface area contributed by atoms with Crippen LogP contribution in [0.4, 0.5) is 4.39 Å². The van der Waals surface area contributed by atoms with Crippen molar-refractivity contribution in [3.63, 3.8) is 0 Å². The second kappa shape index (κ2) is 10.0. The Morgan fingerprint density at radius 3 is 2.68 bits per heavy atom. The molecule has 3 heterocycles. The number of carbonyl (C=O) groups excluding carboxylic acids is 2. The summed E-state index contributed by atoms with van der Waals surface area (Å²) in [6, 6.07) is 13.7. The number of halogens is 2. The zero-order chi connectivity index (χ0) is 23.7. The van der Waals surface area contributed by atoms with Gasteiger partial charge in [-0.2, -0.15) is 15.2 Å². The van der Waals surface area contributed by atoms with E-state index in [0.29, 0.717) is 35.4 Å². The number of carbonyl (C=O) groups is 2. The molecule has 2 amide bonds. The van der Waals surface area contributed by atoms with Crippen molar-refractivity contribution in [2.24, 2.45) is 15.2 Å². The predicted octanol–water partition coefficient (Wildman–Crippen LogP) is 5.00. The third-order valence-electron chi connectivity index (χ3n) is 5.50. The van der Waals surface area contributed by atoms with Crippen LogP contribution in [0.3, 0.4) is 0 Å². The number of fused-ring (bicyclic) bond motifs is 1. The number of amidine groups is 1. The molecule has 5 rings (SSSR count). The van der Waals surface area contributed by atoms with Crippen LogP contribution in [0.1, 0.15) is 36.4 Å². The highest BCUT2D eigenvalue weighted by molar-refractivity contribution is 9.10. The fraction of sp³-hybridized carbons (Fsp3) is 0.261. The SMILES string of the molecule is O=C1CCCN2N=C(SCC(=O)N3N=C(c4ccc(Br)cc4)CC3c3ccc(F)cc3)SC2=N1. The number of thioether (sulfide) groups is 2. The maximum atomic E-state index is 13.5. The zero-order valence-corrected chi connectivity index (χ0v) is 21.1. The Bertz CT molecular complexity index is 1220. The molecule has 3 aliphatic heterocycles. The smallest absolute Gasteiger partial charge is 0.253 e. The Labute approximate surface area is 212 Å². The Hall–Kier alpha value is -2.50. The number of aliphatic imine (C=N–C) groups is 1. The van der Waals surface area contributed by atoms with Crippen LogP contribution in [0.5, 0.6) is 0 Å². The Kier molecular flexibility index (Phi) is 6.84. The first kappa shape index (κ1) is 23.3. The summed E-state index contributed by atoms with van der Waals surface area (Å²) in [6.45, 7) is 0.634.